The van der Waals surface area contributed by atoms with E-state index in [1.54, 1.807) is 0 Å². The molecule has 2 rings (SSSR count). The SMILES string of the molecule is CC(N)CCCN(C)c1coc2ccccc12. The summed E-state index contributed by atoms with van der Waals surface area (Å²) in [4.78, 5) is 2.23. The molecule has 0 radical (unpaired) electrons. The van der Waals surface area contributed by atoms with Crippen LogP contribution in [0.1, 0.15) is 19.8 Å². The molecule has 1 atom stereocenters. The Balaban J connectivity index is 2.06. The van der Waals surface area contributed by atoms with Crippen LogP contribution in [0.2, 0.25) is 0 Å². The average molecular weight is 232 g/mol. The molecule has 1 aromatic carbocycles. The van der Waals surface area contributed by atoms with Gasteiger partial charge < -0.3 is 15.1 Å². The van der Waals surface area contributed by atoms with E-state index in [0.717, 1.165) is 30.7 Å². The third-order valence-corrected chi connectivity index (χ3v) is 3.02. The maximum Gasteiger partial charge on any atom is 0.136 e. The summed E-state index contributed by atoms with van der Waals surface area (Å²) >= 11 is 0. The summed E-state index contributed by atoms with van der Waals surface area (Å²) in [7, 11) is 2.10. The molecular weight excluding hydrogens is 212 g/mol. The summed E-state index contributed by atoms with van der Waals surface area (Å²) in [6, 6.07) is 8.40. The lowest BCUT2D eigenvalue weighted by molar-refractivity contribution is 0.606. The van der Waals surface area contributed by atoms with Crippen LogP contribution in [0.15, 0.2) is 34.9 Å². The lowest BCUT2D eigenvalue weighted by atomic mass is 10.2. The summed E-state index contributed by atoms with van der Waals surface area (Å²) in [5.74, 6) is 0. The molecule has 0 aliphatic heterocycles. The quantitative estimate of drug-likeness (QED) is 0.861. The van der Waals surface area contributed by atoms with E-state index in [1.165, 1.54) is 5.39 Å². The minimum Gasteiger partial charge on any atom is -0.462 e. The number of hydrogen-bond donors (Lipinski definition) is 1. The molecule has 0 amide bonds. The standard InChI is InChI=1S/C14H20N2O/c1-11(15)6-5-9-16(2)13-10-17-14-8-4-3-7-12(13)14/h3-4,7-8,10-11H,5-6,9,15H2,1-2H3. The second kappa shape index (κ2) is 5.23. The van der Waals surface area contributed by atoms with Gasteiger partial charge in [-0.3, -0.25) is 0 Å². The molecule has 3 heteroatoms. The number of rotatable bonds is 5. The fourth-order valence-corrected chi connectivity index (χ4v) is 2.03. The van der Waals surface area contributed by atoms with Crippen molar-refractivity contribution >= 4 is 16.7 Å². The van der Waals surface area contributed by atoms with Gasteiger partial charge in [0, 0.05) is 25.0 Å². The zero-order chi connectivity index (χ0) is 12.3. The molecule has 2 aromatic rings. The maximum atomic E-state index is 5.75. The second-order valence-corrected chi connectivity index (χ2v) is 4.66. The van der Waals surface area contributed by atoms with Crippen molar-refractivity contribution in [3.63, 3.8) is 0 Å². The van der Waals surface area contributed by atoms with Gasteiger partial charge >= 0.3 is 0 Å². The van der Waals surface area contributed by atoms with Crippen LogP contribution in [-0.2, 0) is 0 Å². The number of anilines is 1. The minimum absolute atomic E-state index is 0.282. The Hall–Kier alpha value is -1.48. The highest BCUT2D eigenvalue weighted by atomic mass is 16.3. The highest BCUT2D eigenvalue weighted by Gasteiger charge is 2.09. The molecule has 0 bridgehead atoms. The maximum absolute atomic E-state index is 5.75. The van der Waals surface area contributed by atoms with Crippen LogP contribution in [-0.4, -0.2) is 19.6 Å². The van der Waals surface area contributed by atoms with E-state index in [9.17, 15) is 0 Å². The summed E-state index contributed by atoms with van der Waals surface area (Å²) in [5, 5.41) is 1.18. The molecule has 0 saturated carbocycles. The first-order valence-corrected chi connectivity index (χ1v) is 6.11. The van der Waals surface area contributed by atoms with Gasteiger partial charge in [0.25, 0.3) is 0 Å². The van der Waals surface area contributed by atoms with Crippen molar-refractivity contribution in [2.45, 2.75) is 25.8 Å². The summed E-state index contributed by atoms with van der Waals surface area (Å²) < 4.78 is 5.53. The number of hydrogen-bond acceptors (Lipinski definition) is 3. The van der Waals surface area contributed by atoms with E-state index in [1.807, 2.05) is 31.4 Å². The third-order valence-electron chi connectivity index (χ3n) is 3.02. The van der Waals surface area contributed by atoms with E-state index in [2.05, 4.69) is 18.0 Å². The average Bonchev–Trinajstić information content (AvgIpc) is 2.72. The van der Waals surface area contributed by atoms with Crippen LogP contribution in [0.3, 0.4) is 0 Å². The number of furan rings is 1. The Morgan fingerprint density at radius 1 is 1.35 bits per heavy atom. The van der Waals surface area contributed by atoms with Gasteiger partial charge in [-0.1, -0.05) is 12.1 Å². The van der Waals surface area contributed by atoms with E-state index in [0.29, 0.717) is 0 Å². The van der Waals surface area contributed by atoms with Crippen LogP contribution in [0, 0.1) is 0 Å². The largest absolute Gasteiger partial charge is 0.462 e. The van der Waals surface area contributed by atoms with Crippen LogP contribution in [0.4, 0.5) is 5.69 Å². The topological polar surface area (TPSA) is 42.4 Å². The predicted molar refractivity (Wildman–Crippen MR) is 72.4 cm³/mol. The van der Waals surface area contributed by atoms with Crippen molar-refractivity contribution in [2.75, 3.05) is 18.5 Å². The van der Waals surface area contributed by atoms with Gasteiger partial charge in [-0.15, -0.1) is 0 Å². The van der Waals surface area contributed by atoms with E-state index in [-0.39, 0.29) is 6.04 Å². The molecule has 2 N–H and O–H groups in total. The van der Waals surface area contributed by atoms with Gasteiger partial charge in [-0.25, -0.2) is 0 Å². The summed E-state index contributed by atoms with van der Waals surface area (Å²) in [5.41, 5.74) is 7.85. The molecule has 0 saturated heterocycles. The summed E-state index contributed by atoms with van der Waals surface area (Å²) in [6.45, 7) is 3.05. The van der Waals surface area contributed by atoms with Crippen LogP contribution in [0.25, 0.3) is 11.0 Å². The first-order valence-electron chi connectivity index (χ1n) is 6.11. The van der Waals surface area contributed by atoms with Crippen molar-refractivity contribution < 1.29 is 4.42 Å². The molecule has 0 spiro atoms. The number of nitrogens with zero attached hydrogens (tertiary/aromatic N) is 1. The van der Waals surface area contributed by atoms with Gasteiger partial charge in [-0.2, -0.15) is 0 Å². The Bertz CT molecular complexity index is 476. The smallest absolute Gasteiger partial charge is 0.136 e. The molecular formula is C14H20N2O. The Morgan fingerprint density at radius 3 is 2.88 bits per heavy atom. The van der Waals surface area contributed by atoms with Crippen molar-refractivity contribution in [3.8, 4) is 0 Å². The molecule has 3 nitrogen and oxygen atoms in total. The van der Waals surface area contributed by atoms with Crippen molar-refractivity contribution in [1.82, 2.24) is 0 Å². The normalized spacial score (nSPS) is 12.9. The van der Waals surface area contributed by atoms with Gasteiger partial charge in [-0.05, 0) is 31.9 Å². The monoisotopic (exact) mass is 232 g/mol. The first kappa shape index (κ1) is 12.0. The molecule has 0 fully saturated rings. The lowest BCUT2D eigenvalue weighted by Gasteiger charge is -2.18. The van der Waals surface area contributed by atoms with Crippen LogP contribution < -0.4 is 10.6 Å². The van der Waals surface area contributed by atoms with Crippen molar-refractivity contribution in [2.24, 2.45) is 5.73 Å². The second-order valence-electron chi connectivity index (χ2n) is 4.66. The zero-order valence-corrected chi connectivity index (χ0v) is 10.5. The number of benzene rings is 1. The molecule has 92 valence electrons. The van der Waals surface area contributed by atoms with Crippen molar-refractivity contribution in [3.05, 3.63) is 30.5 Å². The highest BCUT2D eigenvalue weighted by Crippen LogP contribution is 2.28. The predicted octanol–water partition coefficient (Wildman–Crippen LogP) is 3.00. The van der Waals surface area contributed by atoms with E-state index in [4.69, 9.17) is 10.2 Å². The lowest BCUT2D eigenvalue weighted by Crippen LogP contribution is -2.21. The van der Waals surface area contributed by atoms with E-state index < -0.39 is 0 Å². The van der Waals surface area contributed by atoms with Gasteiger partial charge in [0.15, 0.2) is 0 Å². The number of fused-ring (bicyclic) bond motifs is 1. The first-order chi connectivity index (χ1) is 8.18. The third kappa shape index (κ3) is 2.80. The fourth-order valence-electron chi connectivity index (χ4n) is 2.03. The molecule has 0 aliphatic rings. The van der Waals surface area contributed by atoms with Crippen LogP contribution >= 0.6 is 0 Å². The fraction of sp³-hybridized carbons (Fsp3) is 0.429. The van der Waals surface area contributed by atoms with Gasteiger partial charge in [0.1, 0.15) is 11.8 Å². The van der Waals surface area contributed by atoms with Gasteiger partial charge in [0.05, 0.1) is 5.69 Å². The molecule has 1 unspecified atom stereocenters. The Morgan fingerprint density at radius 2 is 2.12 bits per heavy atom. The van der Waals surface area contributed by atoms with Crippen LogP contribution in [0.5, 0.6) is 0 Å². The Labute approximate surface area is 102 Å². The van der Waals surface area contributed by atoms with Crippen molar-refractivity contribution in [1.29, 1.82) is 0 Å². The molecule has 1 heterocycles. The highest BCUT2D eigenvalue weighted by molar-refractivity contribution is 5.90. The molecule has 17 heavy (non-hydrogen) atoms. The number of nitrogens with two attached hydrogens (primary N) is 1. The summed E-state index contributed by atoms with van der Waals surface area (Å²) in [6.07, 6.45) is 3.99. The molecule has 0 aliphatic carbocycles. The minimum atomic E-state index is 0.282. The number of para-hydroxylation sites is 1. The zero-order valence-electron chi connectivity index (χ0n) is 10.5. The Kier molecular flexibility index (Phi) is 3.69. The van der Waals surface area contributed by atoms with E-state index >= 15 is 0 Å². The van der Waals surface area contributed by atoms with Gasteiger partial charge in [0.2, 0.25) is 0 Å². The molecule has 1 aromatic heterocycles.